The zero-order chi connectivity index (χ0) is 25.3. The van der Waals surface area contributed by atoms with Crippen molar-refractivity contribution in [3.05, 3.63) is 96.0 Å². The number of hydrogen-bond donors (Lipinski definition) is 1. The van der Waals surface area contributed by atoms with Gasteiger partial charge in [0.1, 0.15) is 17.9 Å². The van der Waals surface area contributed by atoms with E-state index in [4.69, 9.17) is 27.9 Å². The van der Waals surface area contributed by atoms with Gasteiger partial charge in [0, 0.05) is 0 Å². The molecule has 178 valence electrons. The number of barbiturate groups is 1. The van der Waals surface area contributed by atoms with E-state index in [2.05, 4.69) is 27.9 Å². The fraction of sp³-hybridized carbons (Fsp3) is 0.115. The molecule has 1 aliphatic rings. The van der Waals surface area contributed by atoms with Crippen LogP contribution >= 0.6 is 45.8 Å². The first-order valence-corrected chi connectivity index (χ1v) is 12.3. The van der Waals surface area contributed by atoms with Crippen molar-refractivity contribution in [2.45, 2.75) is 20.5 Å². The van der Waals surface area contributed by atoms with Crippen LogP contribution in [0.1, 0.15) is 22.3 Å². The van der Waals surface area contributed by atoms with E-state index in [-0.39, 0.29) is 5.57 Å². The molecule has 0 radical (unpaired) electrons. The lowest BCUT2D eigenvalue weighted by molar-refractivity contribution is -0.122. The molecule has 9 heteroatoms. The molecule has 0 unspecified atom stereocenters. The van der Waals surface area contributed by atoms with Crippen molar-refractivity contribution in [3.8, 4) is 5.75 Å². The number of imide groups is 2. The average molecular weight is 621 g/mol. The van der Waals surface area contributed by atoms with Crippen LogP contribution in [-0.2, 0) is 16.2 Å². The Balaban J connectivity index is 1.57. The van der Waals surface area contributed by atoms with Gasteiger partial charge < -0.3 is 4.74 Å². The van der Waals surface area contributed by atoms with Gasteiger partial charge in [-0.15, -0.1) is 0 Å². The number of amides is 4. The summed E-state index contributed by atoms with van der Waals surface area (Å²) < 4.78 is 6.67. The van der Waals surface area contributed by atoms with E-state index in [0.29, 0.717) is 33.7 Å². The number of hydrogen-bond acceptors (Lipinski definition) is 4. The molecular weight excluding hydrogens is 602 g/mol. The fourth-order valence-electron chi connectivity index (χ4n) is 3.65. The van der Waals surface area contributed by atoms with Crippen LogP contribution < -0.4 is 15.0 Å². The number of rotatable bonds is 5. The Labute approximate surface area is 226 Å². The Kier molecular flexibility index (Phi) is 7.49. The van der Waals surface area contributed by atoms with E-state index in [1.165, 1.54) is 6.08 Å². The molecule has 6 nitrogen and oxygen atoms in total. The number of ether oxygens (including phenoxy) is 1. The maximum atomic E-state index is 13.2. The number of benzene rings is 3. The van der Waals surface area contributed by atoms with Crippen LogP contribution in [0.4, 0.5) is 10.5 Å². The monoisotopic (exact) mass is 620 g/mol. The molecule has 3 aromatic carbocycles. The number of nitrogens with zero attached hydrogens (tertiary/aromatic N) is 1. The molecule has 4 amide bonds. The Morgan fingerprint density at radius 2 is 1.66 bits per heavy atom. The van der Waals surface area contributed by atoms with Crippen molar-refractivity contribution in [2.75, 3.05) is 4.90 Å². The summed E-state index contributed by atoms with van der Waals surface area (Å²) in [5.74, 6) is -0.792. The topological polar surface area (TPSA) is 75.7 Å². The number of nitrogens with one attached hydrogen (secondary N) is 1. The minimum absolute atomic E-state index is 0.135. The Bertz CT molecular complexity index is 1380. The van der Waals surface area contributed by atoms with Gasteiger partial charge in [-0.2, -0.15) is 0 Å². The normalized spacial score (nSPS) is 14.9. The summed E-state index contributed by atoms with van der Waals surface area (Å²) in [5.41, 5.74) is 3.54. The molecule has 0 saturated carbocycles. The second-order valence-corrected chi connectivity index (χ2v) is 10.0. The highest BCUT2D eigenvalue weighted by molar-refractivity contribution is 14.1. The second kappa shape index (κ2) is 10.4. The standard InChI is InChI=1S/C26H19Cl2IN2O4/c1-14-7-15(2)9-18(8-14)31-25(33)19(24(32)30-26(31)34)10-16-4-6-23(22(29)12-16)35-13-17-3-5-20(27)21(28)11-17/h3-12H,13H2,1-2H3,(H,30,32,34)/b19-10+. The SMILES string of the molecule is Cc1cc(C)cc(N2C(=O)NC(=O)/C(=C\c3ccc(OCc4ccc(Cl)c(Cl)c4)c(I)c3)C2=O)c1. The summed E-state index contributed by atoms with van der Waals surface area (Å²) in [6, 6.07) is 15.2. The molecule has 0 bridgehead atoms. The number of urea groups is 1. The third-order valence-electron chi connectivity index (χ3n) is 5.21. The minimum atomic E-state index is -0.775. The molecule has 1 aliphatic heterocycles. The minimum Gasteiger partial charge on any atom is -0.488 e. The fourth-order valence-corrected chi connectivity index (χ4v) is 4.67. The third-order valence-corrected chi connectivity index (χ3v) is 6.79. The highest BCUT2D eigenvalue weighted by Gasteiger charge is 2.37. The number of anilines is 1. The van der Waals surface area contributed by atoms with Gasteiger partial charge in [0.2, 0.25) is 0 Å². The summed E-state index contributed by atoms with van der Waals surface area (Å²) in [4.78, 5) is 39.1. The first-order chi connectivity index (χ1) is 16.6. The zero-order valence-corrected chi connectivity index (χ0v) is 22.4. The van der Waals surface area contributed by atoms with Crippen LogP contribution in [0.25, 0.3) is 6.08 Å². The summed E-state index contributed by atoms with van der Waals surface area (Å²) in [6.07, 6.45) is 1.46. The number of aryl methyl sites for hydroxylation is 2. The molecule has 1 saturated heterocycles. The van der Waals surface area contributed by atoms with Gasteiger partial charge in [-0.05, 0) is 101 Å². The molecule has 0 aliphatic carbocycles. The van der Waals surface area contributed by atoms with E-state index >= 15 is 0 Å². The predicted octanol–water partition coefficient (Wildman–Crippen LogP) is 6.46. The van der Waals surface area contributed by atoms with Crippen LogP contribution in [0.2, 0.25) is 10.0 Å². The molecule has 1 fully saturated rings. The van der Waals surface area contributed by atoms with Crippen molar-refractivity contribution in [1.29, 1.82) is 0 Å². The maximum absolute atomic E-state index is 13.2. The van der Waals surface area contributed by atoms with Crippen LogP contribution in [0.3, 0.4) is 0 Å². The first kappa shape index (κ1) is 25.2. The number of carbonyl (C=O) groups is 3. The highest BCUT2D eigenvalue weighted by atomic mass is 127. The van der Waals surface area contributed by atoms with Crippen LogP contribution in [0.5, 0.6) is 5.75 Å². The lowest BCUT2D eigenvalue weighted by Crippen LogP contribution is -2.54. The summed E-state index contributed by atoms with van der Waals surface area (Å²) in [5, 5.41) is 3.18. The average Bonchev–Trinajstić information content (AvgIpc) is 2.77. The highest BCUT2D eigenvalue weighted by Crippen LogP contribution is 2.28. The van der Waals surface area contributed by atoms with Gasteiger partial charge >= 0.3 is 6.03 Å². The van der Waals surface area contributed by atoms with Gasteiger partial charge in [-0.1, -0.05) is 41.4 Å². The largest absolute Gasteiger partial charge is 0.488 e. The lowest BCUT2D eigenvalue weighted by atomic mass is 10.1. The second-order valence-electron chi connectivity index (χ2n) is 8.03. The van der Waals surface area contributed by atoms with Crippen molar-refractivity contribution in [3.63, 3.8) is 0 Å². The molecule has 35 heavy (non-hydrogen) atoms. The summed E-state index contributed by atoms with van der Waals surface area (Å²) >= 11 is 14.1. The van der Waals surface area contributed by atoms with Crippen LogP contribution in [0, 0.1) is 17.4 Å². The van der Waals surface area contributed by atoms with Gasteiger partial charge in [0.25, 0.3) is 11.8 Å². The Morgan fingerprint density at radius 1 is 0.943 bits per heavy atom. The van der Waals surface area contributed by atoms with Crippen LogP contribution in [-0.4, -0.2) is 17.8 Å². The summed E-state index contributed by atoms with van der Waals surface area (Å²) in [7, 11) is 0. The molecular formula is C26H19Cl2IN2O4. The van der Waals surface area contributed by atoms with E-state index in [0.717, 1.165) is 25.2 Å². The van der Waals surface area contributed by atoms with Gasteiger partial charge in [-0.3, -0.25) is 14.9 Å². The van der Waals surface area contributed by atoms with Gasteiger partial charge in [0.05, 0.1) is 19.3 Å². The van der Waals surface area contributed by atoms with Crippen molar-refractivity contribution in [1.82, 2.24) is 5.32 Å². The van der Waals surface area contributed by atoms with E-state index in [1.54, 1.807) is 42.5 Å². The van der Waals surface area contributed by atoms with Gasteiger partial charge in [0.15, 0.2) is 0 Å². The lowest BCUT2D eigenvalue weighted by Gasteiger charge is -2.27. The Hall–Kier alpha value is -2.88. The molecule has 0 atom stereocenters. The van der Waals surface area contributed by atoms with Gasteiger partial charge in [-0.25, -0.2) is 9.69 Å². The number of carbonyl (C=O) groups excluding carboxylic acids is 3. The maximum Gasteiger partial charge on any atom is 0.335 e. The van der Waals surface area contributed by atoms with E-state index in [9.17, 15) is 14.4 Å². The number of halogens is 3. The quantitative estimate of drug-likeness (QED) is 0.202. The third kappa shape index (κ3) is 5.69. The molecule has 0 spiro atoms. The summed E-state index contributed by atoms with van der Waals surface area (Å²) in [6.45, 7) is 4.04. The van der Waals surface area contributed by atoms with E-state index in [1.807, 2.05) is 26.0 Å². The molecule has 3 aromatic rings. The zero-order valence-electron chi connectivity index (χ0n) is 18.7. The Morgan fingerprint density at radius 3 is 2.31 bits per heavy atom. The predicted molar refractivity (Wildman–Crippen MR) is 145 cm³/mol. The van der Waals surface area contributed by atoms with Crippen LogP contribution in [0.15, 0.2) is 60.2 Å². The first-order valence-electron chi connectivity index (χ1n) is 10.5. The molecule has 4 rings (SSSR count). The van der Waals surface area contributed by atoms with Crippen molar-refractivity contribution in [2.24, 2.45) is 0 Å². The van der Waals surface area contributed by atoms with Crippen molar-refractivity contribution < 1.29 is 19.1 Å². The smallest absolute Gasteiger partial charge is 0.335 e. The molecule has 0 aromatic heterocycles. The van der Waals surface area contributed by atoms with E-state index < -0.39 is 17.8 Å². The molecule has 1 N–H and O–H groups in total. The van der Waals surface area contributed by atoms with Crippen molar-refractivity contribution >= 4 is 75.4 Å². The molecule has 1 heterocycles.